The number of anilines is 1. The number of hydrogen-bond donors (Lipinski definition) is 1. The zero-order valence-electron chi connectivity index (χ0n) is 10.2. The van der Waals surface area contributed by atoms with Gasteiger partial charge in [-0.1, -0.05) is 29.0 Å². The van der Waals surface area contributed by atoms with Gasteiger partial charge in [0.2, 0.25) is 0 Å². The van der Waals surface area contributed by atoms with E-state index < -0.39 is 12.0 Å². The van der Waals surface area contributed by atoms with Gasteiger partial charge in [-0.3, -0.25) is 0 Å². The number of para-hydroxylation sites is 1. The minimum atomic E-state index is -0.773. The van der Waals surface area contributed by atoms with Crippen molar-refractivity contribution in [3.63, 3.8) is 0 Å². The second-order valence-electron chi connectivity index (χ2n) is 4.63. The highest BCUT2D eigenvalue weighted by Crippen LogP contribution is 2.35. The monoisotopic (exact) mass is 296 g/mol. The zero-order valence-corrected chi connectivity index (χ0v) is 11.7. The first-order valence-corrected chi connectivity index (χ1v) is 7.41. The van der Waals surface area contributed by atoms with Crippen molar-refractivity contribution < 1.29 is 9.90 Å². The Balaban J connectivity index is 2.02. The molecule has 1 N–H and O–H groups in total. The van der Waals surface area contributed by atoms with Crippen molar-refractivity contribution in [2.45, 2.75) is 25.3 Å². The van der Waals surface area contributed by atoms with Crippen molar-refractivity contribution >= 4 is 44.3 Å². The molecule has 0 aliphatic carbocycles. The SMILES string of the molecule is O=C(O)C1CCCCN1c1nc2c(Cl)cccc2s1. The van der Waals surface area contributed by atoms with E-state index in [2.05, 4.69) is 4.98 Å². The summed E-state index contributed by atoms with van der Waals surface area (Å²) in [4.78, 5) is 17.7. The van der Waals surface area contributed by atoms with Crippen LogP contribution in [0.2, 0.25) is 5.02 Å². The highest BCUT2D eigenvalue weighted by Gasteiger charge is 2.30. The lowest BCUT2D eigenvalue weighted by atomic mass is 10.0. The molecule has 0 bridgehead atoms. The van der Waals surface area contributed by atoms with Crippen molar-refractivity contribution in [1.82, 2.24) is 4.98 Å². The first kappa shape index (κ1) is 12.7. The topological polar surface area (TPSA) is 53.4 Å². The zero-order chi connectivity index (χ0) is 13.4. The van der Waals surface area contributed by atoms with Crippen LogP contribution in [0.15, 0.2) is 18.2 Å². The molecule has 1 aliphatic rings. The number of hydrogen-bond acceptors (Lipinski definition) is 4. The molecule has 1 saturated heterocycles. The third-order valence-corrected chi connectivity index (χ3v) is 4.75. The number of carboxylic acid groups (broad SMARTS) is 1. The van der Waals surface area contributed by atoms with E-state index in [0.717, 1.165) is 34.7 Å². The maximum absolute atomic E-state index is 11.3. The Bertz CT molecular complexity index is 628. The summed E-state index contributed by atoms with van der Waals surface area (Å²) in [5.74, 6) is -0.773. The lowest BCUT2D eigenvalue weighted by molar-refractivity contribution is -0.139. The van der Waals surface area contributed by atoms with E-state index in [1.807, 2.05) is 17.0 Å². The summed E-state index contributed by atoms with van der Waals surface area (Å²) in [6.45, 7) is 0.744. The van der Waals surface area contributed by atoms with Crippen LogP contribution < -0.4 is 4.90 Å². The molecule has 0 amide bonds. The van der Waals surface area contributed by atoms with Crippen LogP contribution in [-0.4, -0.2) is 28.6 Å². The number of nitrogens with zero attached hydrogens (tertiary/aromatic N) is 2. The third kappa shape index (κ3) is 2.28. The lowest BCUT2D eigenvalue weighted by Crippen LogP contribution is -2.44. The minimum absolute atomic E-state index is 0.465. The van der Waals surface area contributed by atoms with Crippen LogP contribution in [0.3, 0.4) is 0 Å². The van der Waals surface area contributed by atoms with Crippen molar-refractivity contribution in [3.8, 4) is 0 Å². The van der Waals surface area contributed by atoms with E-state index in [1.54, 1.807) is 6.07 Å². The van der Waals surface area contributed by atoms with Crippen molar-refractivity contribution in [2.24, 2.45) is 0 Å². The molecule has 1 fully saturated rings. The summed E-state index contributed by atoms with van der Waals surface area (Å²) in [7, 11) is 0. The van der Waals surface area contributed by atoms with Crippen LogP contribution in [0.1, 0.15) is 19.3 Å². The highest BCUT2D eigenvalue weighted by atomic mass is 35.5. The summed E-state index contributed by atoms with van der Waals surface area (Å²) >= 11 is 7.62. The number of piperidine rings is 1. The van der Waals surface area contributed by atoms with Crippen LogP contribution in [-0.2, 0) is 4.79 Å². The number of rotatable bonds is 2. The first-order valence-electron chi connectivity index (χ1n) is 6.21. The standard InChI is InChI=1S/C13H13ClN2O2S/c14-8-4-3-6-10-11(8)15-13(19-10)16-7-2-1-5-9(16)12(17)18/h3-4,6,9H,1-2,5,7H2,(H,17,18). The summed E-state index contributed by atoms with van der Waals surface area (Å²) < 4.78 is 0.997. The van der Waals surface area contributed by atoms with Crippen LogP contribution in [0.4, 0.5) is 5.13 Å². The molecule has 1 aromatic carbocycles. The van der Waals surface area contributed by atoms with E-state index in [0.29, 0.717) is 11.4 Å². The molecule has 0 saturated carbocycles. The normalized spacial score (nSPS) is 19.8. The van der Waals surface area contributed by atoms with E-state index in [9.17, 15) is 9.90 Å². The predicted molar refractivity (Wildman–Crippen MR) is 77.3 cm³/mol. The van der Waals surface area contributed by atoms with Gasteiger partial charge in [-0.25, -0.2) is 9.78 Å². The largest absolute Gasteiger partial charge is 0.480 e. The molecule has 1 aliphatic heterocycles. The van der Waals surface area contributed by atoms with Gasteiger partial charge in [0.1, 0.15) is 11.6 Å². The fraction of sp³-hybridized carbons (Fsp3) is 0.385. The van der Waals surface area contributed by atoms with Gasteiger partial charge in [0.05, 0.1) is 9.72 Å². The Kier molecular flexibility index (Phi) is 3.33. The molecule has 2 aromatic rings. The Morgan fingerprint density at radius 3 is 3.05 bits per heavy atom. The van der Waals surface area contributed by atoms with Crippen LogP contribution in [0.25, 0.3) is 10.2 Å². The van der Waals surface area contributed by atoms with Gasteiger partial charge >= 0.3 is 5.97 Å². The molecule has 0 spiro atoms. The maximum Gasteiger partial charge on any atom is 0.326 e. The average Bonchev–Trinajstić information content (AvgIpc) is 2.84. The first-order chi connectivity index (χ1) is 9.16. The Morgan fingerprint density at radius 2 is 2.32 bits per heavy atom. The molecular weight excluding hydrogens is 284 g/mol. The van der Waals surface area contributed by atoms with Gasteiger partial charge in [0.25, 0.3) is 0 Å². The molecule has 0 radical (unpaired) electrons. The molecule has 2 heterocycles. The van der Waals surface area contributed by atoms with Crippen molar-refractivity contribution in [2.75, 3.05) is 11.4 Å². The van der Waals surface area contributed by atoms with Crippen molar-refractivity contribution in [1.29, 1.82) is 0 Å². The Labute approximate surface area is 119 Å². The average molecular weight is 297 g/mol. The quantitative estimate of drug-likeness (QED) is 0.923. The second kappa shape index (κ2) is 4.98. The molecule has 19 heavy (non-hydrogen) atoms. The van der Waals surface area contributed by atoms with Crippen LogP contribution in [0.5, 0.6) is 0 Å². The van der Waals surface area contributed by atoms with Gasteiger partial charge in [0.15, 0.2) is 5.13 Å². The number of thiazole rings is 1. The van der Waals surface area contributed by atoms with Gasteiger partial charge in [-0.15, -0.1) is 0 Å². The smallest absolute Gasteiger partial charge is 0.326 e. The molecule has 1 atom stereocenters. The number of halogens is 1. The molecule has 1 aromatic heterocycles. The fourth-order valence-corrected chi connectivity index (χ4v) is 3.78. The van der Waals surface area contributed by atoms with Gasteiger partial charge < -0.3 is 10.0 Å². The summed E-state index contributed by atoms with van der Waals surface area (Å²) in [6, 6.07) is 5.19. The van der Waals surface area contributed by atoms with E-state index in [-0.39, 0.29) is 0 Å². The second-order valence-corrected chi connectivity index (χ2v) is 6.04. The number of aromatic nitrogens is 1. The highest BCUT2D eigenvalue weighted by molar-refractivity contribution is 7.22. The summed E-state index contributed by atoms with van der Waals surface area (Å²) in [5.41, 5.74) is 0.763. The molecule has 1 unspecified atom stereocenters. The van der Waals surface area contributed by atoms with Crippen LogP contribution >= 0.6 is 22.9 Å². The number of carbonyl (C=O) groups is 1. The van der Waals surface area contributed by atoms with Gasteiger partial charge in [-0.05, 0) is 31.4 Å². The fourth-order valence-electron chi connectivity index (χ4n) is 2.44. The molecule has 4 nitrogen and oxygen atoms in total. The van der Waals surface area contributed by atoms with E-state index in [4.69, 9.17) is 11.6 Å². The molecule has 100 valence electrons. The number of aliphatic carboxylic acids is 1. The molecule has 6 heteroatoms. The third-order valence-electron chi connectivity index (χ3n) is 3.39. The maximum atomic E-state index is 11.3. The number of benzene rings is 1. The van der Waals surface area contributed by atoms with Crippen LogP contribution in [0, 0.1) is 0 Å². The van der Waals surface area contributed by atoms with E-state index in [1.165, 1.54) is 11.3 Å². The summed E-state index contributed by atoms with van der Waals surface area (Å²) in [6.07, 6.45) is 2.64. The van der Waals surface area contributed by atoms with Crippen molar-refractivity contribution in [3.05, 3.63) is 23.2 Å². The Hall–Kier alpha value is -1.33. The minimum Gasteiger partial charge on any atom is -0.480 e. The number of carboxylic acids is 1. The lowest BCUT2D eigenvalue weighted by Gasteiger charge is -2.32. The Morgan fingerprint density at radius 1 is 1.47 bits per heavy atom. The summed E-state index contributed by atoms with van der Waals surface area (Å²) in [5, 5.41) is 10.7. The molecular formula is C13H13ClN2O2S. The van der Waals surface area contributed by atoms with Gasteiger partial charge in [0, 0.05) is 6.54 Å². The number of fused-ring (bicyclic) bond motifs is 1. The van der Waals surface area contributed by atoms with Gasteiger partial charge in [-0.2, -0.15) is 0 Å². The molecule has 3 rings (SSSR count). The predicted octanol–water partition coefficient (Wildman–Crippen LogP) is 3.39. The van der Waals surface area contributed by atoms with E-state index >= 15 is 0 Å².